The molecule has 2 N–H and O–H groups in total. The normalized spacial score (nSPS) is 10.6. The minimum atomic E-state index is -1.48. The molecule has 0 aliphatic heterocycles. The summed E-state index contributed by atoms with van der Waals surface area (Å²) in [4.78, 5) is 0. The van der Waals surface area contributed by atoms with Gasteiger partial charge in [0.15, 0.2) is 17.5 Å². The van der Waals surface area contributed by atoms with Crippen molar-refractivity contribution in [1.29, 1.82) is 0 Å². The van der Waals surface area contributed by atoms with Gasteiger partial charge in [0.2, 0.25) is 0 Å². The number of halogens is 3. The summed E-state index contributed by atoms with van der Waals surface area (Å²) < 4.78 is 44.4. The molecule has 5 heteroatoms. The van der Waals surface area contributed by atoms with Crippen molar-refractivity contribution in [3.8, 4) is 16.9 Å². The summed E-state index contributed by atoms with van der Waals surface area (Å²) >= 11 is 0. The van der Waals surface area contributed by atoms with Gasteiger partial charge in [-0.1, -0.05) is 6.07 Å². The highest BCUT2D eigenvalue weighted by Gasteiger charge is 2.12. The largest absolute Gasteiger partial charge is 0.496 e. The van der Waals surface area contributed by atoms with Crippen LogP contribution in [0.1, 0.15) is 5.56 Å². The van der Waals surface area contributed by atoms with Crippen LogP contribution >= 0.6 is 0 Å². The molecule has 19 heavy (non-hydrogen) atoms. The summed E-state index contributed by atoms with van der Waals surface area (Å²) in [6.07, 6.45) is 0. The number of hydrogen-bond acceptors (Lipinski definition) is 2. The second kappa shape index (κ2) is 5.32. The molecule has 2 aromatic rings. The molecular formula is C14H12F3NO. The fraction of sp³-hybridized carbons (Fsp3) is 0.143. The quantitative estimate of drug-likeness (QED) is 0.866. The maximum Gasteiger partial charge on any atom is 0.194 e. The zero-order valence-electron chi connectivity index (χ0n) is 10.2. The number of ether oxygens (including phenoxy) is 1. The topological polar surface area (TPSA) is 35.2 Å². The molecule has 0 aliphatic carbocycles. The highest BCUT2D eigenvalue weighted by molar-refractivity contribution is 5.66. The zero-order valence-corrected chi connectivity index (χ0v) is 10.2. The number of benzene rings is 2. The first-order valence-corrected chi connectivity index (χ1v) is 5.58. The van der Waals surface area contributed by atoms with E-state index in [1.165, 1.54) is 7.11 Å². The third-order valence-corrected chi connectivity index (χ3v) is 2.82. The number of hydrogen-bond donors (Lipinski definition) is 1. The molecule has 0 radical (unpaired) electrons. The average molecular weight is 267 g/mol. The van der Waals surface area contributed by atoms with E-state index in [1.807, 2.05) is 0 Å². The lowest BCUT2D eigenvalue weighted by Crippen LogP contribution is -2.00. The first-order valence-electron chi connectivity index (χ1n) is 5.58. The number of nitrogens with two attached hydrogens (primary N) is 1. The molecule has 100 valence electrons. The SMILES string of the molecule is COc1ccc(-c2cc(F)c(F)c(F)c2)cc1CN. The molecule has 0 amide bonds. The molecule has 0 saturated carbocycles. The minimum absolute atomic E-state index is 0.225. The summed E-state index contributed by atoms with van der Waals surface area (Å²) in [7, 11) is 1.51. The van der Waals surface area contributed by atoms with E-state index in [-0.39, 0.29) is 12.1 Å². The maximum atomic E-state index is 13.2. The van der Waals surface area contributed by atoms with Crippen molar-refractivity contribution in [3.63, 3.8) is 0 Å². The Morgan fingerprint density at radius 2 is 1.63 bits per heavy atom. The molecule has 2 aromatic carbocycles. The highest BCUT2D eigenvalue weighted by atomic mass is 19.2. The monoisotopic (exact) mass is 267 g/mol. The lowest BCUT2D eigenvalue weighted by atomic mass is 10.0. The van der Waals surface area contributed by atoms with Gasteiger partial charge in [-0.2, -0.15) is 0 Å². The summed E-state index contributed by atoms with van der Waals surface area (Å²) in [5.41, 5.74) is 7.05. The molecular weight excluding hydrogens is 255 g/mol. The maximum absolute atomic E-state index is 13.2. The fourth-order valence-corrected chi connectivity index (χ4v) is 1.84. The molecule has 0 bridgehead atoms. The van der Waals surface area contributed by atoms with Crippen LogP contribution in [0.4, 0.5) is 13.2 Å². The predicted molar refractivity (Wildman–Crippen MR) is 66.2 cm³/mol. The third-order valence-electron chi connectivity index (χ3n) is 2.82. The van der Waals surface area contributed by atoms with E-state index in [2.05, 4.69) is 0 Å². The molecule has 0 heterocycles. The van der Waals surface area contributed by atoms with Crippen LogP contribution in [0.2, 0.25) is 0 Å². The number of rotatable bonds is 3. The Kier molecular flexibility index (Phi) is 3.76. The van der Waals surface area contributed by atoms with Crippen LogP contribution in [0.15, 0.2) is 30.3 Å². The Morgan fingerprint density at radius 1 is 1.00 bits per heavy atom. The Balaban J connectivity index is 2.53. The van der Waals surface area contributed by atoms with Gasteiger partial charge in [0, 0.05) is 12.1 Å². The van der Waals surface area contributed by atoms with Gasteiger partial charge in [-0.05, 0) is 35.4 Å². The summed E-state index contributed by atoms with van der Waals surface area (Å²) in [6, 6.07) is 6.83. The Morgan fingerprint density at radius 3 is 2.16 bits per heavy atom. The average Bonchev–Trinajstić information content (AvgIpc) is 2.43. The standard InChI is InChI=1S/C14H12F3NO/c1-19-13-3-2-8(4-10(13)7-18)9-5-11(15)14(17)12(16)6-9/h2-6H,7,18H2,1H3. The summed E-state index contributed by atoms with van der Waals surface area (Å²) in [6.45, 7) is 0.225. The summed E-state index contributed by atoms with van der Waals surface area (Å²) in [5.74, 6) is -3.33. The van der Waals surface area contributed by atoms with Crippen molar-refractivity contribution in [3.05, 3.63) is 53.3 Å². The molecule has 0 aliphatic rings. The Labute approximate surface area is 108 Å². The van der Waals surface area contributed by atoms with Crippen LogP contribution in [-0.2, 0) is 6.54 Å². The van der Waals surface area contributed by atoms with E-state index >= 15 is 0 Å². The molecule has 0 atom stereocenters. The van der Waals surface area contributed by atoms with E-state index in [1.54, 1.807) is 18.2 Å². The van der Waals surface area contributed by atoms with Crippen LogP contribution in [0, 0.1) is 17.5 Å². The molecule has 0 saturated heterocycles. The van der Waals surface area contributed by atoms with Crippen molar-refractivity contribution in [2.75, 3.05) is 7.11 Å². The molecule has 0 aromatic heterocycles. The van der Waals surface area contributed by atoms with Gasteiger partial charge in [-0.15, -0.1) is 0 Å². The second-order valence-corrected chi connectivity index (χ2v) is 3.98. The Hall–Kier alpha value is -2.01. The lowest BCUT2D eigenvalue weighted by Gasteiger charge is -2.10. The van der Waals surface area contributed by atoms with E-state index in [0.717, 1.165) is 12.1 Å². The van der Waals surface area contributed by atoms with Crippen molar-refractivity contribution < 1.29 is 17.9 Å². The lowest BCUT2D eigenvalue weighted by molar-refractivity contribution is 0.410. The van der Waals surface area contributed by atoms with Crippen LogP contribution in [0.3, 0.4) is 0 Å². The molecule has 2 rings (SSSR count). The first-order chi connectivity index (χ1) is 9.06. The molecule has 2 nitrogen and oxygen atoms in total. The van der Waals surface area contributed by atoms with E-state index in [9.17, 15) is 13.2 Å². The van der Waals surface area contributed by atoms with Gasteiger partial charge in [0.25, 0.3) is 0 Å². The minimum Gasteiger partial charge on any atom is -0.496 e. The fourth-order valence-electron chi connectivity index (χ4n) is 1.84. The summed E-state index contributed by atoms with van der Waals surface area (Å²) in [5, 5.41) is 0. The zero-order chi connectivity index (χ0) is 14.0. The highest BCUT2D eigenvalue weighted by Crippen LogP contribution is 2.28. The predicted octanol–water partition coefficient (Wildman–Crippen LogP) is 3.24. The Bertz CT molecular complexity index is 591. The van der Waals surface area contributed by atoms with Crippen LogP contribution in [0.25, 0.3) is 11.1 Å². The van der Waals surface area contributed by atoms with Crippen LogP contribution in [-0.4, -0.2) is 7.11 Å². The first kappa shape index (κ1) is 13.4. The van der Waals surface area contributed by atoms with E-state index < -0.39 is 17.5 Å². The van der Waals surface area contributed by atoms with Gasteiger partial charge in [-0.3, -0.25) is 0 Å². The number of methoxy groups -OCH3 is 1. The second-order valence-electron chi connectivity index (χ2n) is 3.98. The van der Waals surface area contributed by atoms with Gasteiger partial charge in [0.1, 0.15) is 5.75 Å². The van der Waals surface area contributed by atoms with Crippen molar-refractivity contribution in [2.24, 2.45) is 5.73 Å². The van der Waals surface area contributed by atoms with Crippen molar-refractivity contribution in [2.45, 2.75) is 6.54 Å². The van der Waals surface area contributed by atoms with Crippen LogP contribution in [0.5, 0.6) is 5.75 Å². The van der Waals surface area contributed by atoms with Gasteiger partial charge < -0.3 is 10.5 Å². The van der Waals surface area contributed by atoms with Crippen LogP contribution < -0.4 is 10.5 Å². The molecule has 0 spiro atoms. The van der Waals surface area contributed by atoms with Crippen molar-refractivity contribution in [1.82, 2.24) is 0 Å². The molecule has 0 unspecified atom stereocenters. The van der Waals surface area contributed by atoms with E-state index in [0.29, 0.717) is 16.9 Å². The van der Waals surface area contributed by atoms with Gasteiger partial charge in [0.05, 0.1) is 7.11 Å². The smallest absolute Gasteiger partial charge is 0.194 e. The third kappa shape index (κ3) is 2.56. The molecule has 0 fully saturated rings. The van der Waals surface area contributed by atoms with Gasteiger partial charge >= 0.3 is 0 Å². The van der Waals surface area contributed by atoms with E-state index in [4.69, 9.17) is 10.5 Å². The van der Waals surface area contributed by atoms with Crippen molar-refractivity contribution >= 4 is 0 Å². The van der Waals surface area contributed by atoms with Gasteiger partial charge in [-0.25, -0.2) is 13.2 Å².